The molecule has 0 aromatic carbocycles. The summed E-state index contributed by atoms with van der Waals surface area (Å²) in [5, 5.41) is 6.68. The summed E-state index contributed by atoms with van der Waals surface area (Å²) in [5.74, 6) is 1.03. The molecule has 1 amide bonds. The fraction of sp³-hybridized carbons (Fsp3) is 0.933. The van der Waals surface area contributed by atoms with E-state index in [2.05, 4.69) is 31.4 Å². The van der Waals surface area contributed by atoms with E-state index in [9.17, 15) is 4.79 Å². The topological polar surface area (TPSA) is 41.1 Å². The van der Waals surface area contributed by atoms with Gasteiger partial charge in [-0.2, -0.15) is 0 Å². The van der Waals surface area contributed by atoms with Crippen LogP contribution in [-0.2, 0) is 4.79 Å². The number of carbonyl (C=O) groups excluding carboxylic acids is 1. The highest BCUT2D eigenvalue weighted by atomic mass is 16.2. The molecule has 2 aliphatic carbocycles. The van der Waals surface area contributed by atoms with E-state index in [0.29, 0.717) is 11.5 Å². The lowest BCUT2D eigenvalue weighted by atomic mass is 9.68. The van der Waals surface area contributed by atoms with Crippen LogP contribution in [0.4, 0.5) is 0 Å². The van der Waals surface area contributed by atoms with Crippen molar-refractivity contribution in [1.82, 2.24) is 10.6 Å². The van der Waals surface area contributed by atoms with Crippen LogP contribution in [0.5, 0.6) is 0 Å². The molecule has 102 valence electrons. The largest absolute Gasteiger partial charge is 0.351 e. The first kappa shape index (κ1) is 12.5. The first-order valence-electron chi connectivity index (χ1n) is 7.47. The molecule has 3 aliphatic rings. The third-order valence-electron chi connectivity index (χ3n) is 5.93. The van der Waals surface area contributed by atoms with Gasteiger partial charge in [0.15, 0.2) is 0 Å². The van der Waals surface area contributed by atoms with Gasteiger partial charge in [-0.05, 0) is 55.4 Å². The normalized spacial score (nSPS) is 45.4. The first-order chi connectivity index (χ1) is 8.43. The molecule has 1 saturated heterocycles. The molecular formula is C15H26N2O. The Morgan fingerprint density at radius 2 is 2.06 bits per heavy atom. The molecule has 1 aliphatic heterocycles. The SMILES string of the molecule is CC12CCC(C1)C(C)(C)C2NC(=O)[C@@H]1CCCN1. The Kier molecular flexibility index (Phi) is 2.74. The molecule has 0 aromatic heterocycles. The third kappa shape index (κ3) is 1.70. The second-order valence-corrected chi connectivity index (χ2v) is 7.51. The lowest BCUT2D eigenvalue weighted by molar-refractivity contribution is -0.125. The van der Waals surface area contributed by atoms with Crippen molar-refractivity contribution in [3.8, 4) is 0 Å². The van der Waals surface area contributed by atoms with Crippen LogP contribution in [-0.4, -0.2) is 24.5 Å². The van der Waals surface area contributed by atoms with Crippen molar-refractivity contribution < 1.29 is 4.79 Å². The molecule has 0 spiro atoms. The maximum atomic E-state index is 12.3. The average molecular weight is 250 g/mol. The molecule has 2 N–H and O–H groups in total. The Morgan fingerprint density at radius 1 is 1.28 bits per heavy atom. The minimum atomic E-state index is 0.0588. The molecule has 3 heteroatoms. The highest BCUT2D eigenvalue weighted by Crippen LogP contribution is 2.62. The zero-order valence-electron chi connectivity index (χ0n) is 11.9. The standard InChI is InChI=1S/C15H26N2O/c1-14(2)10-6-7-15(3,9-10)13(14)17-12(18)11-5-4-8-16-11/h10-11,13,16H,4-9H2,1-3H3,(H,17,18)/t10?,11-,13?,15?/m0/s1. The maximum Gasteiger partial charge on any atom is 0.237 e. The van der Waals surface area contributed by atoms with E-state index in [-0.39, 0.29) is 17.4 Å². The van der Waals surface area contributed by atoms with Gasteiger partial charge in [0.25, 0.3) is 0 Å². The minimum Gasteiger partial charge on any atom is -0.351 e. The van der Waals surface area contributed by atoms with Crippen LogP contribution in [0.15, 0.2) is 0 Å². The van der Waals surface area contributed by atoms with Crippen molar-refractivity contribution in [3.63, 3.8) is 0 Å². The fourth-order valence-corrected chi connectivity index (χ4v) is 4.81. The number of fused-ring (bicyclic) bond motifs is 2. The van der Waals surface area contributed by atoms with Crippen molar-refractivity contribution in [1.29, 1.82) is 0 Å². The van der Waals surface area contributed by atoms with Crippen molar-refractivity contribution in [2.24, 2.45) is 16.7 Å². The molecule has 3 fully saturated rings. The molecule has 3 rings (SSSR count). The van der Waals surface area contributed by atoms with Crippen LogP contribution in [0, 0.1) is 16.7 Å². The molecule has 4 atom stereocenters. The highest BCUT2D eigenvalue weighted by Gasteiger charge is 2.59. The van der Waals surface area contributed by atoms with E-state index >= 15 is 0 Å². The summed E-state index contributed by atoms with van der Waals surface area (Å²) in [5.41, 5.74) is 0.601. The van der Waals surface area contributed by atoms with Crippen LogP contribution < -0.4 is 10.6 Å². The smallest absolute Gasteiger partial charge is 0.237 e. The number of hydrogen-bond donors (Lipinski definition) is 2. The van der Waals surface area contributed by atoms with Gasteiger partial charge in [0.05, 0.1) is 6.04 Å². The number of carbonyl (C=O) groups is 1. The number of rotatable bonds is 2. The van der Waals surface area contributed by atoms with Gasteiger partial charge in [-0.1, -0.05) is 20.8 Å². The van der Waals surface area contributed by atoms with Crippen molar-refractivity contribution in [2.45, 2.75) is 65.0 Å². The molecule has 18 heavy (non-hydrogen) atoms. The Morgan fingerprint density at radius 3 is 2.61 bits per heavy atom. The average Bonchev–Trinajstić information content (AvgIpc) is 2.96. The molecule has 0 radical (unpaired) electrons. The summed E-state index contributed by atoms with van der Waals surface area (Å²) in [6.45, 7) is 8.05. The second kappa shape index (κ2) is 3.96. The zero-order valence-corrected chi connectivity index (χ0v) is 11.9. The van der Waals surface area contributed by atoms with E-state index < -0.39 is 0 Å². The summed E-state index contributed by atoms with van der Waals surface area (Å²) in [6, 6.07) is 0.419. The maximum absolute atomic E-state index is 12.3. The predicted molar refractivity (Wildman–Crippen MR) is 72.2 cm³/mol. The molecule has 2 bridgehead atoms. The van der Waals surface area contributed by atoms with Crippen molar-refractivity contribution in [2.75, 3.05) is 6.54 Å². The summed E-state index contributed by atoms with van der Waals surface area (Å²) >= 11 is 0. The van der Waals surface area contributed by atoms with Crippen LogP contribution in [0.25, 0.3) is 0 Å². The van der Waals surface area contributed by atoms with E-state index in [1.165, 1.54) is 19.3 Å². The monoisotopic (exact) mass is 250 g/mol. The number of nitrogens with one attached hydrogen (secondary N) is 2. The number of amides is 1. The van der Waals surface area contributed by atoms with Gasteiger partial charge in [0.2, 0.25) is 5.91 Å². The summed E-state index contributed by atoms with van der Waals surface area (Å²) in [7, 11) is 0. The molecule has 1 heterocycles. The van der Waals surface area contributed by atoms with Crippen molar-refractivity contribution >= 4 is 5.91 Å². The summed E-state index contributed by atoms with van der Waals surface area (Å²) < 4.78 is 0. The Balaban J connectivity index is 1.73. The van der Waals surface area contributed by atoms with Gasteiger partial charge < -0.3 is 10.6 Å². The highest BCUT2D eigenvalue weighted by molar-refractivity contribution is 5.82. The first-order valence-corrected chi connectivity index (χ1v) is 7.47. The quantitative estimate of drug-likeness (QED) is 0.788. The van der Waals surface area contributed by atoms with Crippen LogP contribution in [0.2, 0.25) is 0 Å². The van der Waals surface area contributed by atoms with Gasteiger partial charge in [-0.3, -0.25) is 4.79 Å². The second-order valence-electron chi connectivity index (χ2n) is 7.51. The van der Waals surface area contributed by atoms with Gasteiger partial charge in [-0.15, -0.1) is 0 Å². The Labute approximate surface area is 110 Å². The number of hydrogen-bond acceptors (Lipinski definition) is 2. The van der Waals surface area contributed by atoms with Crippen LogP contribution >= 0.6 is 0 Å². The molecule has 0 aromatic rings. The van der Waals surface area contributed by atoms with E-state index in [4.69, 9.17) is 0 Å². The van der Waals surface area contributed by atoms with E-state index in [1.54, 1.807) is 0 Å². The van der Waals surface area contributed by atoms with E-state index in [0.717, 1.165) is 25.3 Å². The van der Waals surface area contributed by atoms with Gasteiger partial charge in [-0.25, -0.2) is 0 Å². The fourth-order valence-electron chi connectivity index (χ4n) is 4.81. The molecular weight excluding hydrogens is 224 g/mol. The molecule has 2 saturated carbocycles. The summed E-state index contributed by atoms with van der Waals surface area (Å²) in [6.07, 6.45) is 6.05. The minimum absolute atomic E-state index is 0.0588. The van der Waals surface area contributed by atoms with Crippen LogP contribution in [0.1, 0.15) is 52.9 Å². The zero-order chi connectivity index (χ0) is 13.0. The molecule has 3 unspecified atom stereocenters. The predicted octanol–water partition coefficient (Wildman–Crippen LogP) is 2.07. The summed E-state index contributed by atoms with van der Waals surface area (Å²) in [4.78, 5) is 12.3. The Hall–Kier alpha value is -0.570. The lowest BCUT2D eigenvalue weighted by Crippen LogP contribution is -2.55. The third-order valence-corrected chi connectivity index (χ3v) is 5.93. The van der Waals surface area contributed by atoms with Crippen LogP contribution in [0.3, 0.4) is 0 Å². The molecule has 3 nitrogen and oxygen atoms in total. The lowest BCUT2D eigenvalue weighted by Gasteiger charge is -2.43. The van der Waals surface area contributed by atoms with E-state index in [1.807, 2.05) is 0 Å². The van der Waals surface area contributed by atoms with Crippen molar-refractivity contribution in [3.05, 3.63) is 0 Å². The Bertz CT molecular complexity index is 355. The van der Waals surface area contributed by atoms with Gasteiger partial charge >= 0.3 is 0 Å². The van der Waals surface area contributed by atoms with Gasteiger partial charge in [0, 0.05) is 6.04 Å². The van der Waals surface area contributed by atoms with Gasteiger partial charge in [0.1, 0.15) is 0 Å².